The highest BCUT2D eigenvalue weighted by molar-refractivity contribution is 6.17. The lowest BCUT2D eigenvalue weighted by Gasteiger charge is -2.28. The lowest BCUT2D eigenvalue weighted by molar-refractivity contribution is 0.669. The van der Waals surface area contributed by atoms with Crippen LogP contribution in [0.25, 0.3) is 88.0 Å². The van der Waals surface area contributed by atoms with Gasteiger partial charge in [-0.1, -0.05) is 145 Å². The highest BCUT2D eigenvalue weighted by Crippen LogP contribution is 2.45. The zero-order chi connectivity index (χ0) is 46.7. The van der Waals surface area contributed by atoms with Crippen molar-refractivity contribution in [2.24, 2.45) is 0 Å². The maximum atomic E-state index is 9.72. The molecule has 0 atom stereocenters. The van der Waals surface area contributed by atoms with E-state index >= 15 is 0 Å². The molecule has 0 bridgehead atoms. The Labute approximate surface area is 334 Å². The highest BCUT2D eigenvalue weighted by Gasteiger charge is 2.21. The number of benzene rings is 9. The number of rotatable bonds is 6. The van der Waals surface area contributed by atoms with Crippen LogP contribution < -0.4 is 4.90 Å². The molecule has 0 saturated carbocycles. The lowest BCUT2D eigenvalue weighted by Crippen LogP contribution is -2.11. The third-order valence-corrected chi connectivity index (χ3v) is 9.95. The molecule has 3 nitrogen and oxygen atoms in total. The molecule has 0 unspecified atom stereocenters. The minimum absolute atomic E-state index is 0.0513. The molecule has 0 radical (unpaired) electrons. The summed E-state index contributed by atoms with van der Waals surface area (Å²) in [5.41, 5.74) is 0.687. The van der Waals surface area contributed by atoms with Crippen LogP contribution in [0.2, 0.25) is 0 Å². The van der Waals surface area contributed by atoms with Gasteiger partial charge in [0.05, 0.1) is 22.1 Å². The summed E-state index contributed by atoms with van der Waals surface area (Å²) >= 11 is 0. The molecule has 11 aromatic rings. The number of furan rings is 2. The van der Waals surface area contributed by atoms with Crippen molar-refractivity contribution in [3.63, 3.8) is 0 Å². The third-order valence-electron chi connectivity index (χ3n) is 9.95. The normalized spacial score (nSPS) is 14.7. The summed E-state index contributed by atoms with van der Waals surface area (Å²) < 4.78 is 126. The highest BCUT2D eigenvalue weighted by atomic mass is 16.3. The third kappa shape index (κ3) is 5.20. The first-order valence-electron chi connectivity index (χ1n) is 23.7. The first kappa shape index (κ1) is 21.4. The summed E-state index contributed by atoms with van der Waals surface area (Å²) in [6.07, 6.45) is 0. The number of anilines is 3. The van der Waals surface area contributed by atoms with Crippen LogP contribution >= 0.6 is 0 Å². The van der Waals surface area contributed by atoms with Gasteiger partial charge in [0.15, 0.2) is 0 Å². The number of hydrogen-bond donors (Lipinski definition) is 0. The van der Waals surface area contributed by atoms with Crippen molar-refractivity contribution in [2.75, 3.05) is 4.90 Å². The van der Waals surface area contributed by atoms with Crippen molar-refractivity contribution in [3.05, 3.63) is 200 Å². The lowest BCUT2D eigenvalue weighted by atomic mass is 9.98. The molecular weight excluding hydrogens is 671 g/mol. The summed E-state index contributed by atoms with van der Waals surface area (Å²) in [5, 5.41) is 4.65. The van der Waals surface area contributed by atoms with E-state index in [9.17, 15) is 13.7 Å². The van der Waals surface area contributed by atoms with Crippen LogP contribution in [0, 0.1) is 0 Å². The van der Waals surface area contributed by atoms with Gasteiger partial charge in [0, 0.05) is 49.4 Å². The van der Waals surface area contributed by atoms with Crippen LogP contribution in [-0.2, 0) is 0 Å². The second-order valence-corrected chi connectivity index (χ2v) is 13.1. The largest absolute Gasteiger partial charge is 0.456 e. The van der Waals surface area contributed by atoms with E-state index < -0.39 is 89.6 Å². The van der Waals surface area contributed by atoms with Gasteiger partial charge in [-0.2, -0.15) is 0 Å². The maximum absolute atomic E-state index is 9.72. The van der Waals surface area contributed by atoms with Gasteiger partial charge < -0.3 is 13.7 Å². The van der Waals surface area contributed by atoms with Gasteiger partial charge in [-0.05, 0) is 82.1 Å². The summed E-state index contributed by atoms with van der Waals surface area (Å²) in [4.78, 5) is 0.937. The summed E-state index contributed by atoms with van der Waals surface area (Å²) in [6.45, 7) is 0. The Morgan fingerprint density at radius 2 is 1.02 bits per heavy atom. The summed E-state index contributed by atoms with van der Waals surface area (Å²) in [6, 6.07) is 30.0. The molecule has 2 heterocycles. The van der Waals surface area contributed by atoms with Crippen molar-refractivity contribution < 1.29 is 25.3 Å². The number of fused-ring (bicyclic) bond motifs is 8. The molecule has 0 aliphatic rings. The maximum Gasteiger partial charge on any atom is 0.143 e. The zero-order valence-corrected chi connectivity index (χ0v) is 28.9. The molecule has 55 heavy (non-hydrogen) atoms. The van der Waals surface area contributed by atoms with E-state index in [2.05, 4.69) is 0 Å². The minimum atomic E-state index is -0.737. The van der Waals surface area contributed by atoms with Gasteiger partial charge in [-0.25, -0.2) is 0 Å². The average Bonchev–Trinajstić information content (AvgIpc) is 3.92. The van der Waals surface area contributed by atoms with Gasteiger partial charge in [0.2, 0.25) is 0 Å². The molecule has 0 saturated heterocycles. The second kappa shape index (κ2) is 12.6. The average molecular weight is 716 g/mol. The number of hydrogen-bond acceptors (Lipinski definition) is 3. The quantitative estimate of drug-likeness (QED) is 0.172. The van der Waals surface area contributed by atoms with Crippen molar-refractivity contribution in [1.29, 1.82) is 0 Å². The minimum Gasteiger partial charge on any atom is -0.456 e. The van der Waals surface area contributed by atoms with Crippen LogP contribution in [-0.4, -0.2) is 0 Å². The SMILES string of the molecule is [2H]c1c([2H])c([2H])c(N(c2c([2H])c([2H])c(-c3ccccc3)c([2H])c2[2H])c2c([2H])c([2H])c(-c3ccc4c(c3)oc3ccccc34)c([2H])c2[2H])c(-c2cccc3c2oc2c4ccccc4ccc32)c1[2H]. The Morgan fingerprint density at radius 3 is 1.84 bits per heavy atom. The van der Waals surface area contributed by atoms with Crippen LogP contribution in [0.5, 0.6) is 0 Å². The second-order valence-electron chi connectivity index (χ2n) is 13.1. The van der Waals surface area contributed by atoms with Gasteiger partial charge >= 0.3 is 0 Å². The molecule has 0 amide bonds. The van der Waals surface area contributed by atoms with Gasteiger partial charge in [0.25, 0.3) is 0 Å². The Hall–Kier alpha value is -7.36. The molecule has 0 spiro atoms. The number of nitrogens with zero attached hydrogens (tertiary/aromatic N) is 1. The summed E-state index contributed by atoms with van der Waals surface area (Å²) in [7, 11) is 0. The van der Waals surface area contributed by atoms with Crippen molar-refractivity contribution >= 4 is 71.7 Å². The van der Waals surface area contributed by atoms with Crippen molar-refractivity contribution in [2.45, 2.75) is 0 Å². The van der Waals surface area contributed by atoms with E-state index in [1.165, 1.54) is 0 Å². The smallest absolute Gasteiger partial charge is 0.143 e. The predicted molar refractivity (Wildman–Crippen MR) is 229 cm³/mol. The molecule has 2 aromatic heterocycles. The fourth-order valence-electron chi connectivity index (χ4n) is 7.34. The Bertz CT molecular complexity index is 3860. The molecule has 258 valence electrons. The van der Waals surface area contributed by atoms with Crippen molar-refractivity contribution in [1.82, 2.24) is 0 Å². The fraction of sp³-hybridized carbons (Fsp3) is 0. The standard InChI is InChI=1S/C52H33NO2/c1-2-11-34(12-3-1)35-21-27-39(28-22-35)53(40-29-23-36(24-30-40)38-26-31-44-43-16-7-9-20-49(43)54-50(44)33-38)48-19-8-6-15-42(48)45-17-10-18-46-47-32-25-37-13-4-5-14-41(37)51(47)55-52(45)46/h1-33H/i6D,8D,15D,19D,21D,22D,23D,24D,27D,28D,29D,30D. The van der Waals surface area contributed by atoms with Crippen LogP contribution in [0.3, 0.4) is 0 Å². The van der Waals surface area contributed by atoms with E-state index in [4.69, 9.17) is 11.6 Å². The van der Waals surface area contributed by atoms with Gasteiger partial charge in [-0.3, -0.25) is 0 Å². The molecular formula is C52H33NO2. The Morgan fingerprint density at radius 1 is 0.382 bits per heavy atom. The molecule has 0 aliphatic heterocycles. The summed E-state index contributed by atoms with van der Waals surface area (Å²) in [5.74, 6) is 0. The van der Waals surface area contributed by atoms with E-state index in [0.717, 1.165) is 31.8 Å². The van der Waals surface area contributed by atoms with Crippen molar-refractivity contribution in [3.8, 4) is 33.4 Å². The Kier molecular flexibility index (Phi) is 4.91. The topological polar surface area (TPSA) is 29.5 Å². The monoisotopic (exact) mass is 715 g/mol. The van der Waals surface area contributed by atoms with E-state index in [1.807, 2.05) is 66.7 Å². The molecule has 3 heteroatoms. The molecule has 0 aliphatic carbocycles. The Balaban J connectivity index is 1.25. The molecule has 11 rings (SSSR count). The van der Waals surface area contributed by atoms with Crippen LogP contribution in [0.4, 0.5) is 17.1 Å². The zero-order valence-electron chi connectivity index (χ0n) is 40.9. The first-order chi connectivity index (χ1) is 32.3. The molecule has 0 fully saturated rings. The molecule has 9 aromatic carbocycles. The molecule has 0 N–H and O–H groups in total. The van der Waals surface area contributed by atoms with Crippen LogP contribution in [0.1, 0.15) is 16.4 Å². The van der Waals surface area contributed by atoms with E-state index in [0.29, 0.717) is 33.3 Å². The van der Waals surface area contributed by atoms with Crippen LogP contribution in [0.15, 0.2) is 209 Å². The predicted octanol–water partition coefficient (Wildman–Crippen LogP) is 15.1. The van der Waals surface area contributed by atoms with E-state index in [1.54, 1.807) is 60.7 Å². The number of para-hydroxylation sites is 3. The van der Waals surface area contributed by atoms with E-state index in [-0.39, 0.29) is 27.8 Å². The fourth-order valence-corrected chi connectivity index (χ4v) is 7.34. The van der Waals surface area contributed by atoms with Gasteiger partial charge in [0.1, 0.15) is 22.3 Å². The van der Waals surface area contributed by atoms with Gasteiger partial charge in [-0.15, -0.1) is 0 Å². The first-order valence-corrected chi connectivity index (χ1v) is 17.7.